The lowest BCUT2D eigenvalue weighted by Gasteiger charge is -2.31. The van der Waals surface area contributed by atoms with E-state index >= 15 is 0 Å². The molecule has 1 aliphatic rings. The van der Waals surface area contributed by atoms with Gasteiger partial charge in [-0.2, -0.15) is 0 Å². The van der Waals surface area contributed by atoms with Crippen LogP contribution in [0, 0.1) is 5.92 Å². The number of hydrogen-bond donors (Lipinski definition) is 2. The summed E-state index contributed by atoms with van der Waals surface area (Å²) in [6.45, 7) is 2.92. The summed E-state index contributed by atoms with van der Waals surface area (Å²) in [6, 6.07) is 7.90. The summed E-state index contributed by atoms with van der Waals surface area (Å²) in [5.74, 6) is 1.64. The number of hydrogen-bond acceptors (Lipinski definition) is 4. The molecule has 3 N–H and O–H groups in total. The molecule has 0 spiro atoms. The van der Waals surface area contributed by atoms with E-state index in [1.165, 1.54) is 0 Å². The molecule has 5 heteroatoms. The summed E-state index contributed by atoms with van der Waals surface area (Å²) in [6.07, 6.45) is 3.15. The Bertz CT molecular complexity index is 491. The summed E-state index contributed by atoms with van der Waals surface area (Å²) in [5, 5.41) is 3.42. The molecular weight excluding hydrogens is 284 g/mol. The van der Waals surface area contributed by atoms with Gasteiger partial charge in [-0.05, 0) is 49.9 Å². The molecule has 1 saturated carbocycles. The molecule has 1 aromatic carbocycles. The summed E-state index contributed by atoms with van der Waals surface area (Å²) in [7, 11) is 1.66. The number of nitrogens with one attached hydrogen (secondary N) is 1. The van der Waals surface area contributed by atoms with Crippen LogP contribution >= 0.6 is 11.8 Å². The van der Waals surface area contributed by atoms with Crippen LogP contribution in [0.2, 0.25) is 0 Å². The Kier molecular flexibility index (Phi) is 5.53. The first-order chi connectivity index (χ1) is 10.1. The van der Waals surface area contributed by atoms with E-state index in [4.69, 9.17) is 10.5 Å². The number of rotatable bonds is 9. The Morgan fingerprint density at radius 2 is 2.29 bits per heavy atom. The maximum atomic E-state index is 12.1. The van der Waals surface area contributed by atoms with E-state index in [0.717, 1.165) is 36.5 Å². The van der Waals surface area contributed by atoms with Crippen molar-refractivity contribution in [2.24, 2.45) is 11.7 Å². The van der Waals surface area contributed by atoms with Crippen LogP contribution in [0.1, 0.15) is 26.2 Å². The van der Waals surface area contributed by atoms with Crippen LogP contribution in [0.25, 0.3) is 0 Å². The fourth-order valence-electron chi connectivity index (χ4n) is 2.48. The third-order valence-electron chi connectivity index (χ3n) is 3.91. The van der Waals surface area contributed by atoms with Gasteiger partial charge in [-0.25, -0.2) is 0 Å². The topological polar surface area (TPSA) is 64.3 Å². The Morgan fingerprint density at radius 1 is 1.52 bits per heavy atom. The number of amides is 1. The van der Waals surface area contributed by atoms with Crippen LogP contribution in [-0.4, -0.2) is 30.9 Å². The highest BCUT2D eigenvalue weighted by molar-refractivity contribution is 7.99. The van der Waals surface area contributed by atoms with Gasteiger partial charge in [0, 0.05) is 10.6 Å². The van der Waals surface area contributed by atoms with Crippen LogP contribution < -0.4 is 15.8 Å². The molecule has 0 bridgehead atoms. The van der Waals surface area contributed by atoms with Gasteiger partial charge < -0.3 is 15.8 Å². The second-order valence-electron chi connectivity index (χ2n) is 5.50. The number of benzene rings is 1. The maximum Gasteiger partial charge on any atom is 0.238 e. The molecule has 1 fully saturated rings. The lowest BCUT2D eigenvalue weighted by molar-refractivity contribution is -0.124. The normalized spacial score (nSPS) is 17.2. The zero-order valence-electron chi connectivity index (χ0n) is 12.7. The van der Waals surface area contributed by atoms with Gasteiger partial charge in [-0.3, -0.25) is 4.79 Å². The fourth-order valence-corrected chi connectivity index (χ4v) is 3.73. The maximum absolute atomic E-state index is 12.1. The van der Waals surface area contributed by atoms with Gasteiger partial charge in [-0.15, -0.1) is 11.8 Å². The zero-order valence-corrected chi connectivity index (χ0v) is 13.5. The van der Waals surface area contributed by atoms with Gasteiger partial charge in [0.25, 0.3) is 0 Å². The Morgan fingerprint density at radius 3 is 2.86 bits per heavy atom. The predicted molar refractivity (Wildman–Crippen MR) is 86.7 cm³/mol. The van der Waals surface area contributed by atoms with Crippen molar-refractivity contribution in [3.8, 4) is 5.75 Å². The second kappa shape index (κ2) is 7.18. The molecule has 21 heavy (non-hydrogen) atoms. The number of carbonyl (C=O) groups is 1. The summed E-state index contributed by atoms with van der Waals surface area (Å²) in [4.78, 5) is 13.2. The first-order valence-corrected chi connectivity index (χ1v) is 8.42. The van der Waals surface area contributed by atoms with Gasteiger partial charge in [0.2, 0.25) is 5.91 Å². The summed E-state index contributed by atoms with van der Waals surface area (Å²) in [5.41, 5.74) is 5.15. The van der Waals surface area contributed by atoms with E-state index < -0.39 is 5.54 Å². The van der Waals surface area contributed by atoms with Crippen molar-refractivity contribution in [2.75, 3.05) is 19.4 Å². The van der Waals surface area contributed by atoms with E-state index in [1.807, 2.05) is 24.3 Å². The fraction of sp³-hybridized carbons (Fsp3) is 0.562. The Labute approximate surface area is 130 Å². The van der Waals surface area contributed by atoms with Crippen molar-refractivity contribution in [2.45, 2.75) is 36.6 Å². The molecule has 1 aliphatic carbocycles. The summed E-state index contributed by atoms with van der Waals surface area (Å²) < 4.78 is 5.24. The third kappa shape index (κ3) is 3.92. The number of thioether (sulfide) groups is 1. The molecule has 0 saturated heterocycles. The van der Waals surface area contributed by atoms with Gasteiger partial charge >= 0.3 is 0 Å². The van der Waals surface area contributed by atoms with Crippen molar-refractivity contribution >= 4 is 17.7 Å². The minimum absolute atomic E-state index is 0.228. The molecule has 116 valence electrons. The van der Waals surface area contributed by atoms with Crippen molar-refractivity contribution in [1.82, 2.24) is 5.32 Å². The highest BCUT2D eigenvalue weighted by Crippen LogP contribution is 2.42. The molecule has 1 atom stereocenters. The molecular formula is C16H24N2O2S. The molecule has 1 amide bonds. The van der Waals surface area contributed by atoms with Crippen molar-refractivity contribution < 1.29 is 9.53 Å². The molecule has 0 aliphatic heterocycles. The Hall–Kier alpha value is -1.20. The number of primary amides is 1. The van der Waals surface area contributed by atoms with Crippen LogP contribution in [0.5, 0.6) is 5.75 Å². The third-order valence-corrected chi connectivity index (χ3v) is 5.10. The number of nitrogens with two attached hydrogens (primary N) is 1. The molecule has 2 rings (SSSR count). The lowest BCUT2D eigenvalue weighted by Crippen LogP contribution is -2.59. The van der Waals surface area contributed by atoms with Crippen LogP contribution in [0.3, 0.4) is 0 Å². The summed E-state index contributed by atoms with van der Waals surface area (Å²) >= 11 is 1.66. The van der Waals surface area contributed by atoms with E-state index in [-0.39, 0.29) is 5.91 Å². The van der Waals surface area contributed by atoms with Crippen molar-refractivity contribution in [3.05, 3.63) is 24.3 Å². The lowest BCUT2D eigenvalue weighted by atomic mass is 9.94. The van der Waals surface area contributed by atoms with Crippen LogP contribution in [0.4, 0.5) is 0 Å². The molecule has 1 aromatic rings. The molecule has 0 radical (unpaired) electrons. The highest BCUT2D eigenvalue weighted by Gasteiger charge is 2.49. The first-order valence-electron chi connectivity index (χ1n) is 7.44. The van der Waals surface area contributed by atoms with Gasteiger partial charge in [0.15, 0.2) is 0 Å². The van der Waals surface area contributed by atoms with Crippen molar-refractivity contribution in [3.63, 3.8) is 0 Å². The molecule has 0 aromatic heterocycles. The van der Waals surface area contributed by atoms with Gasteiger partial charge in [-0.1, -0.05) is 13.0 Å². The number of methoxy groups -OCH3 is 1. The van der Waals surface area contributed by atoms with E-state index in [2.05, 4.69) is 12.2 Å². The Balaban J connectivity index is 2.09. The van der Waals surface area contributed by atoms with Crippen LogP contribution in [-0.2, 0) is 4.79 Å². The monoisotopic (exact) mass is 308 g/mol. The number of ether oxygens (including phenoxy) is 1. The quantitative estimate of drug-likeness (QED) is 0.688. The van der Waals surface area contributed by atoms with Gasteiger partial charge in [0.1, 0.15) is 11.3 Å². The smallest absolute Gasteiger partial charge is 0.238 e. The predicted octanol–water partition coefficient (Wildman–Crippen LogP) is 2.42. The van der Waals surface area contributed by atoms with Crippen LogP contribution in [0.15, 0.2) is 29.2 Å². The van der Waals surface area contributed by atoms with E-state index in [9.17, 15) is 4.79 Å². The first kappa shape index (κ1) is 16.2. The molecule has 0 heterocycles. The highest BCUT2D eigenvalue weighted by atomic mass is 32.2. The van der Waals surface area contributed by atoms with E-state index in [1.54, 1.807) is 18.9 Å². The second-order valence-corrected chi connectivity index (χ2v) is 6.55. The molecule has 1 unspecified atom stereocenters. The number of carbonyl (C=O) groups excluding carboxylic acids is 1. The largest absolute Gasteiger partial charge is 0.497 e. The average Bonchev–Trinajstić information content (AvgIpc) is 3.32. The average molecular weight is 308 g/mol. The molecule has 4 nitrogen and oxygen atoms in total. The standard InChI is InChI=1S/C16H24N2O2S/c1-3-9-18-16(15(17)19,12-7-8-12)11-21-14-6-4-5-13(10-14)20-2/h4-6,10,12,18H,3,7-9,11H2,1-2H3,(H2,17,19). The minimum atomic E-state index is -0.580. The van der Waals surface area contributed by atoms with Gasteiger partial charge in [0.05, 0.1) is 7.11 Å². The SMILES string of the molecule is CCCNC(CSc1cccc(OC)c1)(C(N)=O)C1CC1. The van der Waals surface area contributed by atoms with E-state index in [0.29, 0.717) is 11.7 Å². The minimum Gasteiger partial charge on any atom is -0.497 e. The zero-order chi connectivity index (χ0) is 15.3. The van der Waals surface area contributed by atoms with Crippen molar-refractivity contribution in [1.29, 1.82) is 0 Å².